The lowest BCUT2D eigenvalue weighted by Gasteiger charge is -2.02. The maximum Gasteiger partial charge on any atom is 0.243 e. The Morgan fingerprint density at radius 3 is 2.88 bits per heavy atom. The zero-order valence-corrected chi connectivity index (χ0v) is 10.1. The molecule has 0 aromatic carbocycles. The first-order valence-corrected chi connectivity index (χ1v) is 6.52. The zero-order valence-electron chi connectivity index (χ0n) is 9.29. The Hall–Kier alpha value is -1.67. The molecule has 0 radical (unpaired) electrons. The number of imidazole rings is 1. The molecule has 0 unspecified atom stereocenters. The van der Waals surface area contributed by atoms with Gasteiger partial charge < -0.3 is 4.98 Å². The van der Waals surface area contributed by atoms with E-state index in [1.165, 1.54) is 17.1 Å². The molecule has 0 aliphatic rings. The second-order valence-corrected chi connectivity index (χ2v) is 5.34. The molecule has 8 heteroatoms. The van der Waals surface area contributed by atoms with Gasteiger partial charge in [-0.1, -0.05) is 0 Å². The molecule has 2 N–H and O–H groups in total. The topological polar surface area (TPSA) is 92.7 Å². The van der Waals surface area contributed by atoms with Gasteiger partial charge in [-0.2, -0.15) is 5.10 Å². The van der Waals surface area contributed by atoms with Crippen LogP contribution in [0, 0.1) is 0 Å². The first-order valence-electron chi connectivity index (χ1n) is 5.03. The van der Waals surface area contributed by atoms with Gasteiger partial charge in [0.1, 0.15) is 4.90 Å². The predicted octanol–water partition coefficient (Wildman–Crippen LogP) is -0.336. The predicted molar refractivity (Wildman–Crippen MR) is 60.7 cm³/mol. The van der Waals surface area contributed by atoms with Crippen molar-refractivity contribution in [3.05, 3.63) is 30.6 Å². The van der Waals surface area contributed by atoms with Crippen molar-refractivity contribution in [3.63, 3.8) is 0 Å². The molecule has 0 fully saturated rings. The molecule has 0 saturated carbocycles. The van der Waals surface area contributed by atoms with Gasteiger partial charge in [-0.3, -0.25) is 4.68 Å². The van der Waals surface area contributed by atoms with Crippen LogP contribution in [0.3, 0.4) is 0 Å². The van der Waals surface area contributed by atoms with Gasteiger partial charge in [0.05, 0.1) is 12.5 Å². The van der Waals surface area contributed by atoms with Crippen LogP contribution in [-0.4, -0.2) is 34.7 Å². The summed E-state index contributed by atoms with van der Waals surface area (Å²) in [6.07, 6.45) is 6.57. The van der Waals surface area contributed by atoms with Crippen LogP contribution in [0.1, 0.15) is 5.69 Å². The van der Waals surface area contributed by atoms with Gasteiger partial charge in [-0.05, 0) is 0 Å². The summed E-state index contributed by atoms with van der Waals surface area (Å²) >= 11 is 0. The normalized spacial score (nSPS) is 11.8. The van der Waals surface area contributed by atoms with Crippen molar-refractivity contribution in [1.82, 2.24) is 24.5 Å². The summed E-state index contributed by atoms with van der Waals surface area (Å²) < 4.78 is 27.5. The van der Waals surface area contributed by atoms with Crippen LogP contribution in [-0.2, 0) is 23.5 Å². The number of rotatable bonds is 5. The lowest BCUT2D eigenvalue weighted by Crippen LogP contribution is -2.25. The molecule has 0 atom stereocenters. The van der Waals surface area contributed by atoms with E-state index in [4.69, 9.17) is 0 Å². The van der Waals surface area contributed by atoms with Crippen LogP contribution in [0.4, 0.5) is 0 Å². The fourth-order valence-electron chi connectivity index (χ4n) is 1.36. The molecule has 2 aromatic heterocycles. The largest absolute Gasteiger partial charge is 0.348 e. The summed E-state index contributed by atoms with van der Waals surface area (Å²) in [5.74, 6) is 0. The Morgan fingerprint density at radius 2 is 2.29 bits per heavy atom. The van der Waals surface area contributed by atoms with E-state index in [1.807, 2.05) is 0 Å². The molecule has 0 aliphatic heterocycles. The van der Waals surface area contributed by atoms with Crippen LogP contribution >= 0.6 is 0 Å². The Kier molecular flexibility index (Phi) is 3.25. The summed E-state index contributed by atoms with van der Waals surface area (Å²) in [6, 6.07) is 0. The highest BCUT2D eigenvalue weighted by Crippen LogP contribution is 2.05. The quantitative estimate of drug-likeness (QED) is 0.764. The molecule has 7 nitrogen and oxygen atoms in total. The fraction of sp³-hybridized carbons (Fsp3) is 0.333. The molecule has 0 aliphatic carbocycles. The number of aryl methyl sites for hydroxylation is 1. The second-order valence-electron chi connectivity index (χ2n) is 3.57. The molecule has 17 heavy (non-hydrogen) atoms. The zero-order chi connectivity index (χ0) is 12.3. The first-order chi connectivity index (χ1) is 8.08. The molecule has 2 aromatic rings. The van der Waals surface area contributed by atoms with Crippen molar-refractivity contribution in [2.24, 2.45) is 7.05 Å². The molecule has 2 heterocycles. The van der Waals surface area contributed by atoms with E-state index in [0.717, 1.165) is 5.69 Å². The summed E-state index contributed by atoms with van der Waals surface area (Å²) in [7, 11) is -1.79. The van der Waals surface area contributed by atoms with E-state index in [0.29, 0.717) is 13.0 Å². The Morgan fingerprint density at radius 1 is 1.47 bits per heavy atom. The number of nitrogens with one attached hydrogen (secondary N) is 2. The van der Waals surface area contributed by atoms with Crippen molar-refractivity contribution in [2.75, 3.05) is 6.54 Å². The van der Waals surface area contributed by atoms with Crippen LogP contribution in [0.2, 0.25) is 0 Å². The van der Waals surface area contributed by atoms with E-state index in [1.54, 1.807) is 19.6 Å². The maximum atomic E-state index is 11.8. The number of nitrogens with zero attached hydrogens (tertiary/aromatic N) is 3. The Bertz CT molecular complexity index is 572. The van der Waals surface area contributed by atoms with Crippen LogP contribution < -0.4 is 4.72 Å². The third-order valence-corrected chi connectivity index (χ3v) is 3.65. The van der Waals surface area contributed by atoms with E-state index in [-0.39, 0.29) is 4.90 Å². The highest BCUT2D eigenvalue weighted by molar-refractivity contribution is 7.89. The molecule has 0 bridgehead atoms. The number of H-pyrrole nitrogens is 1. The highest BCUT2D eigenvalue weighted by atomic mass is 32.2. The minimum absolute atomic E-state index is 0.171. The number of hydrogen-bond donors (Lipinski definition) is 2. The van der Waals surface area contributed by atoms with Gasteiger partial charge in [-0.15, -0.1) is 0 Å². The minimum Gasteiger partial charge on any atom is -0.348 e. The number of aromatic amines is 1. The molecular formula is C9H13N5O2S. The standard InChI is InChI=1S/C9H13N5O2S/c1-14-6-9(5-12-14)17(15,16)13-3-2-8-4-10-7-11-8/h4-7,13H,2-3H2,1H3,(H,10,11). The average Bonchev–Trinajstić information content (AvgIpc) is 2.89. The van der Waals surface area contributed by atoms with Gasteiger partial charge in [0, 0.05) is 38.1 Å². The summed E-state index contributed by atoms with van der Waals surface area (Å²) in [4.78, 5) is 6.93. The van der Waals surface area contributed by atoms with Gasteiger partial charge in [-0.25, -0.2) is 18.1 Å². The van der Waals surface area contributed by atoms with Gasteiger partial charge in [0.15, 0.2) is 0 Å². The van der Waals surface area contributed by atoms with Crippen LogP contribution in [0.25, 0.3) is 0 Å². The fourth-order valence-corrected chi connectivity index (χ4v) is 2.38. The van der Waals surface area contributed by atoms with Crippen molar-refractivity contribution < 1.29 is 8.42 Å². The highest BCUT2D eigenvalue weighted by Gasteiger charge is 2.15. The minimum atomic E-state index is -3.46. The van der Waals surface area contributed by atoms with E-state index in [2.05, 4.69) is 19.8 Å². The van der Waals surface area contributed by atoms with E-state index >= 15 is 0 Å². The van der Waals surface area contributed by atoms with Gasteiger partial charge in [0.2, 0.25) is 10.0 Å². The average molecular weight is 255 g/mol. The maximum absolute atomic E-state index is 11.8. The molecule has 92 valence electrons. The van der Waals surface area contributed by atoms with Gasteiger partial charge in [0.25, 0.3) is 0 Å². The summed E-state index contributed by atoms with van der Waals surface area (Å²) in [6.45, 7) is 0.319. The van der Waals surface area contributed by atoms with Crippen molar-refractivity contribution >= 4 is 10.0 Å². The van der Waals surface area contributed by atoms with Gasteiger partial charge >= 0.3 is 0 Å². The molecule has 0 amide bonds. The molecule has 2 rings (SSSR count). The van der Waals surface area contributed by atoms with E-state index in [9.17, 15) is 8.42 Å². The molecule has 0 saturated heterocycles. The lowest BCUT2D eigenvalue weighted by atomic mass is 10.3. The third kappa shape index (κ3) is 2.92. The number of hydrogen-bond acceptors (Lipinski definition) is 4. The SMILES string of the molecule is Cn1cc(S(=O)(=O)NCCc2cnc[nH]2)cn1. The van der Waals surface area contributed by atoms with Crippen LogP contribution in [0.5, 0.6) is 0 Å². The third-order valence-electron chi connectivity index (χ3n) is 2.23. The van der Waals surface area contributed by atoms with Crippen molar-refractivity contribution in [1.29, 1.82) is 0 Å². The monoisotopic (exact) mass is 255 g/mol. The molecule has 0 spiro atoms. The van der Waals surface area contributed by atoms with Crippen molar-refractivity contribution in [3.8, 4) is 0 Å². The van der Waals surface area contributed by atoms with Crippen LogP contribution in [0.15, 0.2) is 29.8 Å². The lowest BCUT2D eigenvalue weighted by molar-refractivity contribution is 0.581. The van der Waals surface area contributed by atoms with E-state index < -0.39 is 10.0 Å². The number of aromatic nitrogens is 4. The summed E-state index contributed by atoms with van der Waals surface area (Å²) in [5, 5.41) is 3.82. The summed E-state index contributed by atoms with van der Waals surface area (Å²) in [5.41, 5.74) is 0.888. The van der Waals surface area contributed by atoms with Crippen molar-refractivity contribution in [2.45, 2.75) is 11.3 Å². The second kappa shape index (κ2) is 4.68. The Balaban J connectivity index is 1.94. The molecular weight excluding hydrogens is 242 g/mol. The Labute approximate surface area is 98.9 Å². The number of sulfonamides is 1. The smallest absolute Gasteiger partial charge is 0.243 e. The first kappa shape index (κ1) is 11.8.